The van der Waals surface area contributed by atoms with Crippen molar-refractivity contribution in [1.29, 1.82) is 0 Å². The van der Waals surface area contributed by atoms with Gasteiger partial charge in [-0.25, -0.2) is 4.79 Å². The van der Waals surface area contributed by atoms with Crippen molar-refractivity contribution in [3.63, 3.8) is 0 Å². The summed E-state index contributed by atoms with van der Waals surface area (Å²) in [6, 6.07) is 3.76. The van der Waals surface area contributed by atoms with Crippen LogP contribution in [0.15, 0.2) is 40.7 Å². The second kappa shape index (κ2) is 7.87. The second-order valence-electron chi connectivity index (χ2n) is 11.0. The highest BCUT2D eigenvalue weighted by atomic mass is 16.5. The molecule has 3 aliphatic carbocycles. The van der Waals surface area contributed by atoms with Crippen LogP contribution in [0.5, 0.6) is 0 Å². The first-order valence-electron chi connectivity index (χ1n) is 11.8. The first-order chi connectivity index (χ1) is 16.2. The summed E-state index contributed by atoms with van der Waals surface area (Å²) in [5, 5.41) is 10.7. The van der Waals surface area contributed by atoms with Crippen LogP contribution >= 0.6 is 0 Å². The number of hydrogen-bond donors (Lipinski definition) is 1. The van der Waals surface area contributed by atoms with Crippen LogP contribution in [0.4, 0.5) is 0 Å². The van der Waals surface area contributed by atoms with Gasteiger partial charge in [0.1, 0.15) is 5.76 Å². The molecule has 35 heavy (non-hydrogen) atoms. The lowest BCUT2D eigenvalue weighted by Crippen LogP contribution is -2.57. The van der Waals surface area contributed by atoms with Gasteiger partial charge in [0.05, 0.1) is 18.1 Å². The van der Waals surface area contributed by atoms with Crippen molar-refractivity contribution in [1.82, 2.24) is 0 Å². The number of Topliss-reactive ketones (excluding diaryl/α,β-unsaturated/α-hetero) is 3. The van der Waals surface area contributed by atoms with Crippen LogP contribution in [-0.2, 0) is 25.5 Å². The molecule has 6 nitrogen and oxygen atoms in total. The zero-order valence-electron chi connectivity index (χ0n) is 21.4. The summed E-state index contributed by atoms with van der Waals surface area (Å²) in [6.07, 6.45) is 4.25. The number of methoxy groups -OCH3 is 1. The zero-order chi connectivity index (χ0) is 26.1. The Labute approximate surface area is 205 Å². The predicted molar refractivity (Wildman–Crippen MR) is 132 cm³/mol. The zero-order valence-corrected chi connectivity index (χ0v) is 21.4. The number of allylic oxidation sites excluding steroid dienone is 4. The number of hydrogen-bond acceptors (Lipinski definition) is 6. The molecule has 0 aliphatic heterocycles. The fourth-order valence-electron chi connectivity index (χ4n) is 6.95. The van der Waals surface area contributed by atoms with Gasteiger partial charge in [-0.15, -0.1) is 0 Å². The number of aliphatic hydroxyl groups excluding tert-OH is 1. The number of aliphatic hydroxyl groups is 1. The molecule has 3 aliphatic rings. The van der Waals surface area contributed by atoms with Gasteiger partial charge in [-0.1, -0.05) is 31.6 Å². The molecule has 1 N–H and O–H groups in total. The monoisotopic (exact) mass is 476 g/mol. The highest BCUT2D eigenvalue weighted by molar-refractivity contribution is 6.24. The normalized spacial score (nSPS) is 30.3. The average Bonchev–Trinajstić information content (AvgIpc) is 2.74. The molecular formula is C29H32O6. The Morgan fingerprint density at radius 3 is 2.34 bits per heavy atom. The standard InChI is InChI=1S/C29H32O6/c1-15-8-9-18(10-11-21(32)35-7)19-12-27(4)14-28(5)13-20(31)23(17(3)30)26(34)29(28,6)16(2)24(27)25(33)22(15)19/h8-11,31H,12-14H2,1-7H3/b11-10+. The third kappa shape index (κ3) is 3.29. The Bertz CT molecular complexity index is 1310. The second-order valence-corrected chi connectivity index (χ2v) is 11.0. The van der Waals surface area contributed by atoms with Crippen LogP contribution in [0.3, 0.4) is 0 Å². The van der Waals surface area contributed by atoms with E-state index in [1.165, 1.54) is 20.1 Å². The lowest BCUT2D eigenvalue weighted by atomic mass is 9.43. The molecule has 0 spiro atoms. The highest BCUT2D eigenvalue weighted by Crippen LogP contribution is 2.66. The van der Waals surface area contributed by atoms with Crippen LogP contribution in [0.2, 0.25) is 0 Å². The SMILES string of the molecule is COC(=O)/C=C/c1ccc(C)c2c1CC1(C)CC3(C)CC(O)=C(C(C)=O)C(=O)C3(C)C(C)=C1C2=O. The molecule has 0 amide bonds. The van der Waals surface area contributed by atoms with Crippen LogP contribution < -0.4 is 0 Å². The van der Waals surface area contributed by atoms with Crippen molar-refractivity contribution in [2.24, 2.45) is 16.2 Å². The quantitative estimate of drug-likeness (QED) is 0.373. The third-order valence-electron chi connectivity index (χ3n) is 8.77. The minimum absolute atomic E-state index is 0.115. The van der Waals surface area contributed by atoms with E-state index in [9.17, 15) is 24.3 Å². The molecule has 0 radical (unpaired) electrons. The first kappa shape index (κ1) is 24.8. The number of benzene rings is 1. The van der Waals surface area contributed by atoms with Crippen LogP contribution in [0, 0.1) is 23.2 Å². The molecule has 4 rings (SSSR count). The number of carbonyl (C=O) groups is 4. The number of ether oxygens (including phenoxy) is 1. The van der Waals surface area contributed by atoms with Gasteiger partial charge in [0.2, 0.25) is 0 Å². The van der Waals surface area contributed by atoms with Crippen LogP contribution in [0.25, 0.3) is 6.08 Å². The van der Waals surface area contributed by atoms with Gasteiger partial charge in [0.25, 0.3) is 0 Å². The smallest absolute Gasteiger partial charge is 0.330 e. The maximum atomic E-state index is 14.1. The summed E-state index contributed by atoms with van der Waals surface area (Å²) < 4.78 is 4.73. The van der Waals surface area contributed by atoms with Crippen LogP contribution in [0.1, 0.15) is 74.5 Å². The Hall–Kier alpha value is -3.28. The van der Waals surface area contributed by atoms with Crippen molar-refractivity contribution in [3.8, 4) is 0 Å². The maximum Gasteiger partial charge on any atom is 0.330 e. The molecule has 184 valence electrons. The molecule has 0 saturated carbocycles. The van der Waals surface area contributed by atoms with Gasteiger partial charge >= 0.3 is 5.97 Å². The Kier molecular flexibility index (Phi) is 5.58. The van der Waals surface area contributed by atoms with Crippen molar-refractivity contribution in [3.05, 3.63) is 62.9 Å². The molecule has 1 aromatic carbocycles. The lowest BCUT2D eigenvalue weighted by molar-refractivity contribution is -0.136. The first-order valence-corrected chi connectivity index (χ1v) is 11.8. The summed E-state index contributed by atoms with van der Waals surface area (Å²) in [5.74, 6) is -1.62. The molecule has 0 heterocycles. The summed E-state index contributed by atoms with van der Waals surface area (Å²) in [4.78, 5) is 51.9. The third-order valence-corrected chi connectivity index (χ3v) is 8.77. The molecule has 3 atom stereocenters. The number of aryl methyl sites for hydroxylation is 1. The van der Waals surface area contributed by atoms with E-state index in [-0.39, 0.29) is 23.5 Å². The van der Waals surface area contributed by atoms with Crippen molar-refractivity contribution in [2.75, 3.05) is 7.11 Å². The van der Waals surface area contributed by atoms with Gasteiger partial charge in [0.15, 0.2) is 17.3 Å². The van der Waals surface area contributed by atoms with E-state index in [0.29, 0.717) is 29.6 Å². The minimum Gasteiger partial charge on any atom is -0.511 e. The molecule has 0 aromatic heterocycles. The number of carbonyl (C=O) groups excluding carboxylic acids is 4. The molecule has 0 fully saturated rings. The molecule has 0 saturated heterocycles. The van der Waals surface area contributed by atoms with E-state index in [0.717, 1.165) is 16.7 Å². The van der Waals surface area contributed by atoms with Crippen molar-refractivity contribution >= 4 is 29.4 Å². The van der Waals surface area contributed by atoms with Crippen molar-refractivity contribution in [2.45, 2.75) is 60.8 Å². The van der Waals surface area contributed by atoms with E-state index in [1.807, 2.05) is 46.8 Å². The molecule has 0 bridgehead atoms. The number of rotatable bonds is 3. The highest BCUT2D eigenvalue weighted by Gasteiger charge is 2.63. The maximum absolute atomic E-state index is 14.1. The van der Waals surface area contributed by atoms with E-state index in [4.69, 9.17) is 4.74 Å². The van der Waals surface area contributed by atoms with Gasteiger partial charge in [-0.2, -0.15) is 0 Å². The number of fused-ring (bicyclic) bond motifs is 3. The van der Waals surface area contributed by atoms with E-state index in [2.05, 4.69) is 0 Å². The number of esters is 1. The topological polar surface area (TPSA) is 97.7 Å². The Balaban J connectivity index is 1.97. The summed E-state index contributed by atoms with van der Waals surface area (Å²) in [5.41, 5.74) is 1.88. The molecule has 6 heteroatoms. The Morgan fingerprint density at radius 2 is 1.74 bits per heavy atom. The molecule has 1 aromatic rings. The fraction of sp³-hybridized carbons (Fsp3) is 0.448. The van der Waals surface area contributed by atoms with Gasteiger partial charge in [-0.05, 0) is 68.7 Å². The van der Waals surface area contributed by atoms with E-state index < -0.39 is 33.8 Å². The largest absolute Gasteiger partial charge is 0.511 e. The summed E-state index contributed by atoms with van der Waals surface area (Å²) in [7, 11) is 1.31. The predicted octanol–water partition coefficient (Wildman–Crippen LogP) is 5.03. The fourth-order valence-corrected chi connectivity index (χ4v) is 6.95. The van der Waals surface area contributed by atoms with E-state index >= 15 is 0 Å². The van der Waals surface area contributed by atoms with Crippen LogP contribution in [-0.4, -0.2) is 35.5 Å². The van der Waals surface area contributed by atoms with E-state index in [1.54, 1.807) is 6.08 Å². The Morgan fingerprint density at radius 1 is 1.09 bits per heavy atom. The minimum atomic E-state index is -1.08. The molecule has 3 unspecified atom stereocenters. The molecular weight excluding hydrogens is 444 g/mol. The number of ketones is 3. The lowest BCUT2D eigenvalue weighted by Gasteiger charge is -2.58. The average molecular weight is 477 g/mol. The summed E-state index contributed by atoms with van der Waals surface area (Å²) >= 11 is 0. The van der Waals surface area contributed by atoms with Gasteiger partial charge in [0, 0.05) is 29.0 Å². The van der Waals surface area contributed by atoms with Crippen molar-refractivity contribution < 1.29 is 29.0 Å². The van der Waals surface area contributed by atoms with Gasteiger partial charge < -0.3 is 9.84 Å². The summed E-state index contributed by atoms with van der Waals surface area (Å²) in [6.45, 7) is 10.8. The van der Waals surface area contributed by atoms with Gasteiger partial charge in [-0.3, -0.25) is 14.4 Å².